The predicted molar refractivity (Wildman–Crippen MR) is 112 cm³/mol. The fourth-order valence-corrected chi connectivity index (χ4v) is 3.63. The highest BCUT2D eigenvalue weighted by molar-refractivity contribution is 5.94. The summed E-state index contributed by atoms with van der Waals surface area (Å²) in [4.78, 5) is 26.7. The molecule has 5 nitrogen and oxygen atoms in total. The normalized spacial score (nSPS) is 16.1. The lowest BCUT2D eigenvalue weighted by atomic mass is 10.0. The Labute approximate surface area is 175 Å². The Morgan fingerprint density at radius 2 is 1.80 bits per heavy atom. The van der Waals surface area contributed by atoms with Gasteiger partial charge in [-0.25, -0.2) is 8.78 Å². The Morgan fingerprint density at radius 3 is 2.47 bits per heavy atom. The first-order valence-corrected chi connectivity index (χ1v) is 10.3. The smallest absolute Gasteiger partial charge is 0.241 e. The molecule has 1 fully saturated rings. The van der Waals surface area contributed by atoms with Crippen molar-refractivity contribution in [1.29, 1.82) is 0 Å². The van der Waals surface area contributed by atoms with E-state index in [9.17, 15) is 18.4 Å². The third-order valence-corrected chi connectivity index (χ3v) is 5.49. The lowest BCUT2D eigenvalue weighted by Gasteiger charge is -2.35. The molecule has 0 saturated carbocycles. The number of rotatable bonds is 7. The number of carbonyl (C=O) groups excluding carboxylic acids is 2. The van der Waals surface area contributed by atoms with Crippen LogP contribution in [0.4, 0.5) is 14.5 Å². The molecule has 0 radical (unpaired) electrons. The van der Waals surface area contributed by atoms with Crippen LogP contribution in [0, 0.1) is 11.6 Å². The van der Waals surface area contributed by atoms with Crippen molar-refractivity contribution < 1.29 is 18.4 Å². The van der Waals surface area contributed by atoms with E-state index < -0.39 is 17.7 Å². The number of nitrogens with one attached hydrogen (secondary N) is 2. The minimum atomic E-state index is -0.799. The maximum absolute atomic E-state index is 13.8. The third kappa shape index (κ3) is 6.10. The highest BCUT2D eigenvalue weighted by Crippen LogP contribution is 2.18. The number of benzene rings is 2. The first-order valence-electron chi connectivity index (χ1n) is 10.3. The zero-order valence-corrected chi connectivity index (χ0v) is 17.0. The van der Waals surface area contributed by atoms with E-state index in [-0.39, 0.29) is 23.5 Å². The van der Waals surface area contributed by atoms with Crippen LogP contribution in [0.5, 0.6) is 0 Å². The molecule has 160 valence electrons. The first kappa shape index (κ1) is 21.9. The van der Waals surface area contributed by atoms with Crippen molar-refractivity contribution in [3.8, 4) is 0 Å². The maximum Gasteiger partial charge on any atom is 0.241 e. The molecule has 2 amide bonds. The Hall–Kier alpha value is -2.80. The average Bonchev–Trinajstić information content (AvgIpc) is 2.75. The highest BCUT2D eigenvalue weighted by atomic mass is 19.1. The van der Waals surface area contributed by atoms with Gasteiger partial charge < -0.3 is 10.6 Å². The number of hydrogen-bond acceptors (Lipinski definition) is 3. The molecule has 7 heteroatoms. The van der Waals surface area contributed by atoms with Crippen LogP contribution in [0.2, 0.25) is 0 Å². The zero-order chi connectivity index (χ0) is 21.5. The fraction of sp³-hybridized carbons (Fsp3) is 0.391. The van der Waals surface area contributed by atoms with E-state index >= 15 is 0 Å². The quantitative estimate of drug-likeness (QED) is 0.728. The van der Waals surface area contributed by atoms with Gasteiger partial charge in [-0.15, -0.1) is 0 Å². The molecule has 0 aromatic heterocycles. The van der Waals surface area contributed by atoms with Crippen molar-refractivity contribution >= 4 is 17.5 Å². The monoisotopic (exact) mass is 415 g/mol. The lowest BCUT2D eigenvalue weighted by Crippen LogP contribution is -2.50. The maximum atomic E-state index is 13.8. The number of likely N-dealkylation sites (tertiary alicyclic amines) is 1. The van der Waals surface area contributed by atoms with Crippen molar-refractivity contribution in [2.45, 2.75) is 44.7 Å². The van der Waals surface area contributed by atoms with Crippen LogP contribution < -0.4 is 10.6 Å². The summed E-state index contributed by atoms with van der Waals surface area (Å²) in [6, 6.07) is 12.6. The lowest BCUT2D eigenvalue weighted by molar-refractivity contribution is -0.123. The molecule has 1 unspecified atom stereocenters. The summed E-state index contributed by atoms with van der Waals surface area (Å²) >= 11 is 0. The first-order chi connectivity index (χ1) is 14.4. The molecule has 2 aromatic rings. The summed E-state index contributed by atoms with van der Waals surface area (Å²) in [5.74, 6) is -1.79. The van der Waals surface area contributed by atoms with Gasteiger partial charge in [0, 0.05) is 31.6 Å². The Morgan fingerprint density at radius 1 is 1.10 bits per heavy atom. The van der Waals surface area contributed by atoms with Crippen molar-refractivity contribution in [2.75, 3.05) is 18.4 Å². The van der Waals surface area contributed by atoms with E-state index in [2.05, 4.69) is 10.6 Å². The molecule has 1 heterocycles. The molecule has 1 atom stereocenters. The van der Waals surface area contributed by atoms with Gasteiger partial charge in [0.2, 0.25) is 11.8 Å². The van der Waals surface area contributed by atoms with Crippen LogP contribution in [0.25, 0.3) is 0 Å². The number of anilines is 1. The second kappa shape index (κ2) is 10.3. The fourth-order valence-electron chi connectivity index (χ4n) is 3.63. The number of piperidine rings is 1. The second-order valence-corrected chi connectivity index (χ2v) is 7.65. The van der Waals surface area contributed by atoms with Gasteiger partial charge in [0.1, 0.15) is 11.6 Å². The van der Waals surface area contributed by atoms with Gasteiger partial charge >= 0.3 is 0 Å². The zero-order valence-electron chi connectivity index (χ0n) is 17.0. The van der Waals surface area contributed by atoms with Crippen LogP contribution in [-0.2, 0) is 16.0 Å². The van der Waals surface area contributed by atoms with Gasteiger partial charge in [0.25, 0.3) is 0 Å². The van der Waals surface area contributed by atoms with E-state index in [0.29, 0.717) is 25.9 Å². The van der Waals surface area contributed by atoms with E-state index in [1.165, 1.54) is 6.07 Å². The van der Waals surface area contributed by atoms with Crippen LogP contribution in [0.3, 0.4) is 0 Å². The van der Waals surface area contributed by atoms with Gasteiger partial charge in [-0.1, -0.05) is 30.3 Å². The number of halogens is 2. The van der Waals surface area contributed by atoms with Crippen LogP contribution in [0.15, 0.2) is 48.5 Å². The number of nitrogens with zero attached hydrogens (tertiary/aromatic N) is 1. The molecule has 1 saturated heterocycles. The molecule has 1 aliphatic heterocycles. The summed E-state index contributed by atoms with van der Waals surface area (Å²) in [6.45, 7) is 3.07. The molecule has 3 rings (SSSR count). The molecule has 2 N–H and O–H groups in total. The van der Waals surface area contributed by atoms with Gasteiger partial charge in [-0.2, -0.15) is 0 Å². The summed E-state index contributed by atoms with van der Waals surface area (Å²) in [5, 5.41) is 5.60. The number of aryl methyl sites for hydroxylation is 1. The van der Waals surface area contributed by atoms with E-state index in [1.807, 2.05) is 35.2 Å². The Kier molecular flexibility index (Phi) is 7.52. The van der Waals surface area contributed by atoms with Crippen molar-refractivity contribution in [1.82, 2.24) is 10.2 Å². The largest absolute Gasteiger partial charge is 0.353 e. The van der Waals surface area contributed by atoms with Gasteiger partial charge in [0.05, 0.1) is 11.7 Å². The Bertz CT molecular complexity index is 868. The molecular formula is C23H27F2N3O2. The second-order valence-electron chi connectivity index (χ2n) is 7.65. The van der Waals surface area contributed by atoms with Gasteiger partial charge in [-0.3, -0.25) is 14.5 Å². The topological polar surface area (TPSA) is 61.4 Å². The SMILES string of the molecule is CC(C(=O)Nc1ccc(F)cc1F)N1CCC(NC(=O)CCc2ccccc2)CC1. The summed E-state index contributed by atoms with van der Waals surface area (Å²) in [7, 11) is 0. The van der Waals surface area contributed by atoms with Crippen molar-refractivity contribution in [3.05, 3.63) is 65.7 Å². The molecule has 0 aliphatic carbocycles. The molecule has 0 spiro atoms. The van der Waals surface area contributed by atoms with Crippen molar-refractivity contribution in [2.24, 2.45) is 0 Å². The van der Waals surface area contributed by atoms with Crippen molar-refractivity contribution in [3.63, 3.8) is 0 Å². The van der Waals surface area contributed by atoms with Crippen LogP contribution in [-0.4, -0.2) is 41.9 Å². The highest BCUT2D eigenvalue weighted by Gasteiger charge is 2.27. The standard InChI is InChI=1S/C23H27F2N3O2/c1-16(23(30)27-21-9-8-18(24)15-20(21)25)28-13-11-19(12-14-28)26-22(29)10-7-17-5-3-2-4-6-17/h2-6,8-9,15-16,19H,7,10-14H2,1H3,(H,26,29)(H,27,30). The molecular weight excluding hydrogens is 388 g/mol. The third-order valence-electron chi connectivity index (χ3n) is 5.49. The average molecular weight is 415 g/mol. The number of hydrogen-bond donors (Lipinski definition) is 2. The Balaban J connectivity index is 1.41. The minimum Gasteiger partial charge on any atom is -0.353 e. The van der Waals surface area contributed by atoms with E-state index in [1.54, 1.807) is 6.92 Å². The predicted octanol–water partition coefficient (Wildman–Crippen LogP) is 3.51. The van der Waals surface area contributed by atoms with Gasteiger partial charge in [-0.05, 0) is 43.9 Å². The minimum absolute atomic E-state index is 0.0335. The number of carbonyl (C=O) groups is 2. The summed E-state index contributed by atoms with van der Waals surface area (Å²) in [6.07, 6.45) is 2.66. The van der Waals surface area contributed by atoms with Gasteiger partial charge in [0.15, 0.2) is 0 Å². The summed E-state index contributed by atoms with van der Waals surface area (Å²) < 4.78 is 26.8. The molecule has 2 aromatic carbocycles. The number of amides is 2. The molecule has 1 aliphatic rings. The molecule has 30 heavy (non-hydrogen) atoms. The molecule has 0 bridgehead atoms. The van der Waals surface area contributed by atoms with E-state index in [0.717, 1.165) is 30.5 Å². The van der Waals surface area contributed by atoms with E-state index in [4.69, 9.17) is 0 Å². The summed E-state index contributed by atoms with van der Waals surface area (Å²) in [5.41, 5.74) is 1.11. The van der Waals surface area contributed by atoms with Crippen LogP contribution in [0.1, 0.15) is 31.7 Å². The van der Waals surface area contributed by atoms with Crippen LogP contribution >= 0.6 is 0 Å².